The molecule has 1 fully saturated rings. The van der Waals surface area contributed by atoms with E-state index in [1.54, 1.807) is 12.7 Å². The molecule has 0 saturated carbocycles. The first-order valence-electron chi connectivity index (χ1n) is 10.6. The molecule has 3 aromatic heterocycles. The molecule has 0 bridgehead atoms. The van der Waals surface area contributed by atoms with E-state index in [1.807, 2.05) is 23.0 Å². The Balaban J connectivity index is 1.70. The average molecular weight is 444 g/mol. The molecule has 2 unspecified atom stereocenters. The normalized spacial score (nSPS) is 18.2. The first kappa shape index (κ1) is 20.4. The predicted octanol–water partition coefficient (Wildman–Crippen LogP) is 4.20. The van der Waals surface area contributed by atoms with Crippen LogP contribution in [0.1, 0.15) is 45.9 Å². The molecule has 0 radical (unpaired) electrons. The van der Waals surface area contributed by atoms with Gasteiger partial charge in [0.1, 0.15) is 12.7 Å². The molecule has 7 nitrogen and oxygen atoms in total. The van der Waals surface area contributed by atoms with Crippen LogP contribution in [0.4, 0.5) is 5.69 Å². The number of hydrogen-bond acceptors (Lipinski definition) is 4. The number of nitrogens with zero attached hydrogens (tertiary/aromatic N) is 6. The molecule has 8 heteroatoms. The predicted molar refractivity (Wildman–Crippen MR) is 129 cm³/mol. The van der Waals surface area contributed by atoms with Gasteiger partial charge >= 0.3 is 0 Å². The minimum atomic E-state index is -0.0839. The van der Waals surface area contributed by atoms with Gasteiger partial charge in [-0.1, -0.05) is 12.1 Å². The fraction of sp³-hybridized carbons (Fsp3) is 0.250. The zero-order valence-corrected chi connectivity index (χ0v) is 19.3. The van der Waals surface area contributed by atoms with E-state index in [4.69, 9.17) is 12.2 Å². The minimum Gasteiger partial charge on any atom is -0.351 e. The van der Waals surface area contributed by atoms with Gasteiger partial charge in [-0.25, -0.2) is 4.68 Å². The summed E-state index contributed by atoms with van der Waals surface area (Å²) in [4.78, 5) is 6.89. The first-order chi connectivity index (χ1) is 15.4. The number of rotatable bonds is 4. The third kappa shape index (κ3) is 3.36. The summed E-state index contributed by atoms with van der Waals surface area (Å²) in [5, 5.41) is 12.2. The maximum absolute atomic E-state index is 5.88. The summed E-state index contributed by atoms with van der Waals surface area (Å²) in [5.41, 5.74) is 7.83. The minimum absolute atomic E-state index is 0.0602. The Morgan fingerprint density at radius 1 is 0.938 bits per heavy atom. The highest BCUT2D eigenvalue weighted by atomic mass is 32.1. The molecule has 4 heterocycles. The molecule has 2 atom stereocenters. The summed E-state index contributed by atoms with van der Waals surface area (Å²) in [7, 11) is 0. The molecule has 1 aromatic carbocycles. The smallest absolute Gasteiger partial charge is 0.174 e. The van der Waals surface area contributed by atoms with E-state index < -0.39 is 0 Å². The van der Waals surface area contributed by atoms with Gasteiger partial charge in [-0.15, -0.1) is 10.2 Å². The fourth-order valence-corrected chi connectivity index (χ4v) is 5.12. The molecule has 1 N–H and O–H groups in total. The van der Waals surface area contributed by atoms with Gasteiger partial charge in [-0.2, -0.15) is 0 Å². The second kappa shape index (κ2) is 7.87. The van der Waals surface area contributed by atoms with Gasteiger partial charge in [0.15, 0.2) is 5.11 Å². The molecule has 1 saturated heterocycles. The Morgan fingerprint density at radius 2 is 1.66 bits per heavy atom. The van der Waals surface area contributed by atoms with E-state index in [0.717, 1.165) is 22.8 Å². The molecule has 0 amide bonds. The molecule has 0 aliphatic carbocycles. The van der Waals surface area contributed by atoms with Crippen molar-refractivity contribution >= 4 is 23.0 Å². The molecule has 32 heavy (non-hydrogen) atoms. The third-order valence-corrected chi connectivity index (χ3v) is 6.29. The van der Waals surface area contributed by atoms with Crippen LogP contribution >= 0.6 is 12.2 Å². The van der Waals surface area contributed by atoms with E-state index in [1.165, 1.54) is 16.7 Å². The van der Waals surface area contributed by atoms with Crippen LogP contribution in [0.25, 0.3) is 0 Å². The molecular formula is C24H25N7S. The number of aryl methyl sites for hydroxylation is 3. The standard InChI is InChI=1S/C24H25N7S/c1-15-9-16(2)11-19(10-15)30-23(22(28-24(30)32)21-7-5-6-8-25-21)20-12-17(3)31(18(20)4)29-13-26-27-14-29/h5-14,22-23H,1-4H3,(H,28,32). The summed E-state index contributed by atoms with van der Waals surface area (Å²) in [5.74, 6) is 0. The quantitative estimate of drug-likeness (QED) is 0.477. The second-order valence-electron chi connectivity index (χ2n) is 8.32. The van der Waals surface area contributed by atoms with Gasteiger partial charge in [-0.3, -0.25) is 9.66 Å². The second-order valence-corrected chi connectivity index (χ2v) is 8.71. The van der Waals surface area contributed by atoms with Crippen molar-refractivity contribution in [2.45, 2.75) is 39.8 Å². The fourth-order valence-electron chi connectivity index (χ4n) is 4.77. The lowest BCUT2D eigenvalue weighted by molar-refractivity contribution is 0.557. The van der Waals surface area contributed by atoms with Gasteiger partial charge in [0, 0.05) is 28.8 Å². The topological polar surface area (TPSA) is 63.8 Å². The Kier molecular flexibility index (Phi) is 5.01. The van der Waals surface area contributed by atoms with E-state index in [0.29, 0.717) is 5.11 Å². The van der Waals surface area contributed by atoms with Crippen LogP contribution in [-0.4, -0.2) is 29.6 Å². The molecule has 162 valence electrons. The van der Waals surface area contributed by atoms with Crippen molar-refractivity contribution in [1.82, 2.24) is 29.9 Å². The maximum atomic E-state index is 5.88. The van der Waals surface area contributed by atoms with Crippen molar-refractivity contribution in [2.75, 3.05) is 4.90 Å². The van der Waals surface area contributed by atoms with Crippen LogP contribution in [0.3, 0.4) is 0 Å². The van der Waals surface area contributed by atoms with Crippen molar-refractivity contribution < 1.29 is 0 Å². The van der Waals surface area contributed by atoms with Crippen LogP contribution in [-0.2, 0) is 0 Å². The molecule has 1 aliphatic rings. The van der Waals surface area contributed by atoms with Gasteiger partial charge < -0.3 is 10.2 Å². The van der Waals surface area contributed by atoms with E-state index >= 15 is 0 Å². The van der Waals surface area contributed by atoms with Crippen LogP contribution in [0.15, 0.2) is 61.3 Å². The van der Waals surface area contributed by atoms with Crippen molar-refractivity contribution in [2.24, 2.45) is 0 Å². The summed E-state index contributed by atoms with van der Waals surface area (Å²) in [6.45, 7) is 8.45. The number of thiocarbonyl (C=S) groups is 1. The summed E-state index contributed by atoms with van der Waals surface area (Å²) >= 11 is 5.88. The highest BCUT2D eigenvalue weighted by molar-refractivity contribution is 7.80. The van der Waals surface area contributed by atoms with E-state index in [2.05, 4.69) is 88.1 Å². The van der Waals surface area contributed by atoms with Crippen molar-refractivity contribution in [3.63, 3.8) is 0 Å². The molecule has 0 spiro atoms. The number of anilines is 1. The van der Waals surface area contributed by atoms with E-state index in [-0.39, 0.29) is 12.1 Å². The zero-order chi connectivity index (χ0) is 22.4. The van der Waals surface area contributed by atoms with E-state index in [9.17, 15) is 0 Å². The van der Waals surface area contributed by atoms with Gasteiger partial charge in [-0.05, 0) is 81.4 Å². The summed E-state index contributed by atoms with van der Waals surface area (Å²) in [6.07, 6.45) is 5.25. The first-order valence-corrected chi connectivity index (χ1v) is 11.0. The Labute approximate surface area is 192 Å². The molecule has 1 aliphatic heterocycles. The Morgan fingerprint density at radius 3 is 2.31 bits per heavy atom. The average Bonchev–Trinajstić information content (AvgIpc) is 3.46. The van der Waals surface area contributed by atoms with Crippen LogP contribution in [0.5, 0.6) is 0 Å². The Hall–Kier alpha value is -3.52. The van der Waals surface area contributed by atoms with Crippen molar-refractivity contribution in [3.05, 3.63) is 95.1 Å². The van der Waals surface area contributed by atoms with Crippen LogP contribution in [0, 0.1) is 27.7 Å². The summed E-state index contributed by atoms with van der Waals surface area (Å²) < 4.78 is 4.01. The number of benzene rings is 1. The zero-order valence-electron chi connectivity index (χ0n) is 18.5. The monoisotopic (exact) mass is 443 g/mol. The lowest BCUT2D eigenvalue weighted by Gasteiger charge is -2.28. The number of aromatic nitrogens is 5. The number of hydrogen-bond donors (Lipinski definition) is 1. The lowest BCUT2D eigenvalue weighted by Crippen LogP contribution is -2.29. The molecule has 5 rings (SSSR count). The SMILES string of the molecule is Cc1cc(C)cc(N2C(=S)NC(c3ccccn3)C2c2cc(C)n(-n3cnnc3)c2C)c1. The van der Waals surface area contributed by atoms with Gasteiger partial charge in [0.2, 0.25) is 0 Å². The Bertz CT molecular complexity index is 1260. The largest absolute Gasteiger partial charge is 0.351 e. The molecule has 4 aromatic rings. The van der Waals surface area contributed by atoms with Crippen molar-refractivity contribution in [1.29, 1.82) is 0 Å². The highest BCUT2D eigenvalue weighted by Gasteiger charge is 2.42. The number of pyridine rings is 1. The lowest BCUT2D eigenvalue weighted by atomic mass is 9.96. The van der Waals surface area contributed by atoms with Gasteiger partial charge in [0.05, 0.1) is 17.8 Å². The van der Waals surface area contributed by atoms with Crippen LogP contribution < -0.4 is 10.2 Å². The van der Waals surface area contributed by atoms with Gasteiger partial charge in [0.25, 0.3) is 0 Å². The number of nitrogens with one attached hydrogen (secondary N) is 1. The third-order valence-electron chi connectivity index (χ3n) is 5.97. The van der Waals surface area contributed by atoms with Crippen molar-refractivity contribution in [3.8, 4) is 0 Å². The molecular weight excluding hydrogens is 418 g/mol. The highest BCUT2D eigenvalue weighted by Crippen LogP contribution is 2.43. The maximum Gasteiger partial charge on any atom is 0.174 e. The summed E-state index contributed by atoms with van der Waals surface area (Å²) in [6, 6.07) is 14.6. The van der Waals surface area contributed by atoms with Crippen LogP contribution in [0.2, 0.25) is 0 Å².